The summed E-state index contributed by atoms with van der Waals surface area (Å²) in [5.74, 6) is 0.523. The molecule has 0 amide bonds. The lowest BCUT2D eigenvalue weighted by Crippen LogP contribution is -2.37. The predicted octanol–water partition coefficient (Wildman–Crippen LogP) is 1.37. The number of nitrogens with zero attached hydrogens (tertiary/aromatic N) is 3. The Kier molecular flexibility index (Phi) is 3.73. The molecular weight excluding hydrogens is 353 g/mol. The molecule has 116 valence electrons. The molecule has 1 aromatic heterocycles. The molecular formula is C12H14BrF3N4O. The van der Waals surface area contributed by atoms with Crippen LogP contribution in [0.2, 0.25) is 0 Å². The van der Waals surface area contributed by atoms with Gasteiger partial charge in [0.15, 0.2) is 0 Å². The van der Waals surface area contributed by atoms with Crippen molar-refractivity contribution in [3.63, 3.8) is 0 Å². The van der Waals surface area contributed by atoms with Crippen molar-refractivity contribution in [3.05, 3.63) is 21.0 Å². The van der Waals surface area contributed by atoms with Gasteiger partial charge in [-0.15, -0.1) is 0 Å². The Morgan fingerprint density at radius 1 is 1.43 bits per heavy atom. The average molecular weight is 367 g/mol. The van der Waals surface area contributed by atoms with Crippen molar-refractivity contribution in [2.75, 3.05) is 24.5 Å². The first-order valence-electron chi connectivity index (χ1n) is 6.66. The van der Waals surface area contributed by atoms with E-state index in [1.807, 2.05) is 0 Å². The van der Waals surface area contributed by atoms with Gasteiger partial charge in [-0.1, -0.05) is 0 Å². The monoisotopic (exact) mass is 366 g/mol. The van der Waals surface area contributed by atoms with Crippen LogP contribution in [0.4, 0.5) is 18.9 Å². The Labute approximate surface area is 127 Å². The van der Waals surface area contributed by atoms with E-state index in [1.54, 1.807) is 0 Å². The maximum absolute atomic E-state index is 12.4. The molecule has 2 atom stereocenters. The van der Waals surface area contributed by atoms with E-state index in [9.17, 15) is 18.0 Å². The van der Waals surface area contributed by atoms with Crippen LogP contribution in [0.3, 0.4) is 0 Å². The molecule has 21 heavy (non-hydrogen) atoms. The van der Waals surface area contributed by atoms with E-state index in [-0.39, 0.29) is 10.5 Å². The van der Waals surface area contributed by atoms with Crippen molar-refractivity contribution >= 4 is 21.6 Å². The number of nitrogens with one attached hydrogen (secondary N) is 1. The Hall–Kier alpha value is -1.09. The van der Waals surface area contributed by atoms with Gasteiger partial charge in [0, 0.05) is 25.7 Å². The number of fused-ring (bicyclic) bond motifs is 1. The second-order valence-corrected chi connectivity index (χ2v) is 6.18. The number of hydrogen-bond donors (Lipinski definition) is 1. The smallest absolute Gasteiger partial charge is 0.365 e. The largest absolute Gasteiger partial charge is 0.408 e. The highest BCUT2D eigenvalue weighted by atomic mass is 79.9. The molecule has 2 aliphatic heterocycles. The van der Waals surface area contributed by atoms with Gasteiger partial charge in [0.05, 0.1) is 11.9 Å². The number of alkyl halides is 3. The second kappa shape index (κ2) is 5.28. The highest BCUT2D eigenvalue weighted by Gasteiger charge is 2.39. The minimum Gasteiger partial charge on any atom is -0.365 e. The summed E-state index contributed by atoms with van der Waals surface area (Å²) in [6.07, 6.45) is -2.11. The van der Waals surface area contributed by atoms with Gasteiger partial charge in [0.1, 0.15) is 11.0 Å². The van der Waals surface area contributed by atoms with Gasteiger partial charge in [0.2, 0.25) is 0 Å². The summed E-state index contributed by atoms with van der Waals surface area (Å²) in [6.45, 7) is 1.18. The average Bonchev–Trinajstić information content (AvgIpc) is 2.97. The summed E-state index contributed by atoms with van der Waals surface area (Å²) >= 11 is 3.14. The van der Waals surface area contributed by atoms with E-state index in [4.69, 9.17) is 0 Å². The molecule has 2 saturated heterocycles. The first kappa shape index (κ1) is 14.8. The summed E-state index contributed by atoms with van der Waals surface area (Å²) in [5.41, 5.74) is -0.172. The maximum atomic E-state index is 12.4. The number of aromatic nitrogens is 2. The summed E-state index contributed by atoms with van der Waals surface area (Å²) in [5, 5.41) is 6.97. The van der Waals surface area contributed by atoms with Crippen molar-refractivity contribution in [2.45, 2.75) is 25.2 Å². The van der Waals surface area contributed by atoms with Crippen LogP contribution in [0.15, 0.2) is 15.5 Å². The number of halogens is 4. The zero-order chi connectivity index (χ0) is 15.2. The molecule has 9 heteroatoms. The molecule has 0 saturated carbocycles. The molecule has 5 nitrogen and oxygen atoms in total. The zero-order valence-electron chi connectivity index (χ0n) is 11.0. The molecule has 1 N–H and O–H groups in total. The molecule has 3 rings (SSSR count). The Morgan fingerprint density at radius 2 is 2.19 bits per heavy atom. The Bertz CT molecular complexity index is 603. The zero-order valence-corrected chi connectivity index (χ0v) is 12.6. The third-order valence-electron chi connectivity index (χ3n) is 4.05. The van der Waals surface area contributed by atoms with Crippen LogP contribution in [0.5, 0.6) is 0 Å². The Morgan fingerprint density at radius 3 is 2.90 bits per heavy atom. The van der Waals surface area contributed by atoms with Crippen molar-refractivity contribution in [2.24, 2.45) is 5.92 Å². The molecule has 0 radical (unpaired) electrons. The van der Waals surface area contributed by atoms with Crippen molar-refractivity contribution in [1.82, 2.24) is 15.1 Å². The third-order valence-corrected chi connectivity index (χ3v) is 4.80. The van der Waals surface area contributed by atoms with E-state index in [1.165, 1.54) is 6.20 Å². The molecule has 1 aromatic rings. The van der Waals surface area contributed by atoms with Gasteiger partial charge in [-0.05, 0) is 28.3 Å². The lowest BCUT2D eigenvalue weighted by molar-refractivity contribution is -0.143. The topological polar surface area (TPSA) is 50.2 Å². The van der Waals surface area contributed by atoms with Gasteiger partial charge in [-0.2, -0.15) is 18.3 Å². The molecule has 0 bridgehead atoms. The third kappa shape index (κ3) is 2.80. The lowest BCUT2D eigenvalue weighted by Gasteiger charge is -2.26. The molecule has 0 unspecified atom stereocenters. The number of anilines is 1. The number of rotatable bonds is 2. The fraction of sp³-hybridized carbons (Fsp3) is 0.667. The van der Waals surface area contributed by atoms with Crippen LogP contribution in [-0.2, 0) is 6.54 Å². The van der Waals surface area contributed by atoms with Gasteiger partial charge in [-0.3, -0.25) is 4.79 Å². The maximum Gasteiger partial charge on any atom is 0.408 e. The molecule has 0 aliphatic carbocycles. The van der Waals surface area contributed by atoms with Gasteiger partial charge >= 0.3 is 6.18 Å². The van der Waals surface area contributed by atoms with Crippen molar-refractivity contribution in [3.8, 4) is 0 Å². The predicted molar refractivity (Wildman–Crippen MR) is 74.4 cm³/mol. The van der Waals surface area contributed by atoms with E-state index in [0.717, 1.165) is 26.1 Å². The molecule has 0 aromatic carbocycles. The van der Waals surface area contributed by atoms with E-state index < -0.39 is 18.3 Å². The second-order valence-electron chi connectivity index (χ2n) is 5.39. The quantitative estimate of drug-likeness (QED) is 0.858. The van der Waals surface area contributed by atoms with Crippen LogP contribution in [-0.4, -0.2) is 41.6 Å². The highest BCUT2D eigenvalue weighted by molar-refractivity contribution is 9.10. The normalized spacial score (nSPS) is 25.4. The van der Waals surface area contributed by atoms with Crippen LogP contribution >= 0.6 is 15.9 Å². The van der Waals surface area contributed by atoms with Gasteiger partial charge < -0.3 is 10.2 Å². The van der Waals surface area contributed by atoms with Crippen molar-refractivity contribution < 1.29 is 13.2 Å². The number of hydrogen-bond acceptors (Lipinski definition) is 4. The SMILES string of the molecule is O=c1c(Br)c(N2CC[C@H]3CNC[C@H]32)cnn1CC(F)(F)F. The first-order valence-corrected chi connectivity index (χ1v) is 7.46. The van der Waals surface area contributed by atoms with Gasteiger partial charge in [-0.25, -0.2) is 4.68 Å². The molecule has 0 spiro atoms. The fourth-order valence-electron chi connectivity index (χ4n) is 3.09. The van der Waals surface area contributed by atoms with Crippen LogP contribution in [0.25, 0.3) is 0 Å². The minimum absolute atomic E-state index is 0.148. The summed E-state index contributed by atoms with van der Waals surface area (Å²) in [4.78, 5) is 14.1. The fourth-order valence-corrected chi connectivity index (χ4v) is 3.62. The summed E-state index contributed by atoms with van der Waals surface area (Å²) in [7, 11) is 0. The van der Waals surface area contributed by atoms with E-state index in [0.29, 0.717) is 16.3 Å². The van der Waals surface area contributed by atoms with Crippen LogP contribution in [0, 0.1) is 5.92 Å². The van der Waals surface area contributed by atoms with E-state index >= 15 is 0 Å². The van der Waals surface area contributed by atoms with E-state index in [2.05, 4.69) is 31.2 Å². The van der Waals surface area contributed by atoms with Crippen molar-refractivity contribution in [1.29, 1.82) is 0 Å². The Balaban J connectivity index is 1.91. The summed E-state index contributed by atoms with van der Waals surface area (Å²) in [6, 6.07) is 0.279. The molecule has 2 fully saturated rings. The molecule has 3 heterocycles. The minimum atomic E-state index is -4.47. The molecule has 2 aliphatic rings. The standard InChI is InChI=1S/C12H14BrF3N4O/c13-10-9(19-2-1-7-3-17-4-8(7)19)5-18-20(11(10)21)6-12(14,15)16/h5,7-8,17H,1-4,6H2/t7-,8+/m0/s1. The van der Waals surface area contributed by atoms with Crippen LogP contribution < -0.4 is 15.8 Å². The first-order chi connectivity index (χ1) is 9.87. The highest BCUT2D eigenvalue weighted by Crippen LogP contribution is 2.34. The van der Waals surface area contributed by atoms with Crippen LogP contribution in [0.1, 0.15) is 6.42 Å². The summed E-state index contributed by atoms with van der Waals surface area (Å²) < 4.78 is 37.8. The van der Waals surface area contributed by atoms with Gasteiger partial charge in [0.25, 0.3) is 5.56 Å². The lowest BCUT2D eigenvalue weighted by atomic mass is 10.1.